The molecule has 0 saturated heterocycles. The van der Waals surface area contributed by atoms with Gasteiger partial charge >= 0.3 is 5.97 Å². The van der Waals surface area contributed by atoms with Crippen molar-refractivity contribution in [2.24, 2.45) is 0 Å². The highest BCUT2D eigenvalue weighted by molar-refractivity contribution is 5.86. The molecule has 9 nitrogen and oxygen atoms in total. The van der Waals surface area contributed by atoms with Gasteiger partial charge in [-0.15, -0.1) is 5.10 Å². The molecule has 0 spiro atoms. The van der Waals surface area contributed by atoms with Crippen LogP contribution in [-0.4, -0.2) is 55.9 Å². The zero-order valence-electron chi connectivity index (χ0n) is 14.1. The minimum atomic E-state index is -1.24. The molecule has 0 unspecified atom stereocenters. The van der Waals surface area contributed by atoms with Crippen molar-refractivity contribution >= 4 is 17.8 Å². The minimum Gasteiger partial charge on any atom is -0.476 e. The molecule has 0 aliphatic carbocycles. The van der Waals surface area contributed by atoms with Crippen LogP contribution in [0.5, 0.6) is 0 Å². The molecule has 0 radical (unpaired) electrons. The molecule has 0 aliphatic heterocycles. The van der Waals surface area contributed by atoms with E-state index < -0.39 is 11.9 Å². The van der Waals surface area contributed by atoms with Gasteiger partial charge in [-0.2, -0.15) is 0 Å². The van der Waals surface area contributed by atoms with Crippen LogP contribution in [0.15, 0.2) is 30.5 Å². The predicted octanol–water partition coefficient (Wildman–Crippen LogP) is 0.280. The van der Waals surface area contributed by atoms with Gasteiger partial charge in [0.1, 0.15) is 12.4 Å². The van der Waals surface area contributed by atoms with Gasteiger partial charge in [0.05, 0.1) is 12.7 Å². The molecule has 0 saturated carbocycles. The number of likely N-dealkylation sites (N-methyl/N-ethyl adjacent to an activating group) is 1. The lowest BCUT2D eigenvalue weighted by atomic mass is 10.2. The Kier molecular flexibility index (Phi) is 6.36. The molecule has 26 heavy (non-hydrogen) atoms. The van der Waals surface area contributed by atoms with Crippen molar-refractivity contribution in [3.8, 4) is 0 Å². The predicted molar refractivity (Wildman–Crippen MR) is 87.5 cm³/mol. The molecule has 0 fully saturated rings. The summed E-state index contributed by atoms with van der Waals surface area (Å²) in [5.41, 5.74) is 0.468. The SMILES string of the molecule is CCN(CC(=O)NCc1ccc(F)cc1)C(=O)Cn1cc(C(=O)O)nn1. The summed E-state index contributed by atoms with van der Waals surface area (Å²) >= 11 is 0. The lowest BCUT2D eigenvalue weighted by Gasteiger charge is -2.20. The largest absolute Gasteiger partial charge is 0.476 e. The second kappa shape index (κ2) is 8.70. The zero-order chi connectivity index (χ0) is 19.1. The highest BCUT2D eigenvalue weighted by Gasteiger charge is 2.17. The van der Waals surface area contributed by atoms with Gasteiger partial charge in [0.2, 0.25) is 11.8 Å². The van der Waals surface area contributed by atoms with E-state index >= 15 is 0 Å². The Hall–Kier alpha value is -3.30. The number of benzene rings is 1. The quantitative estimate of drug-likeness (QED) is 0.696. The first-order valence-corrected chi connectivity index (χ1v) is 7.81. The third-order valence-electron chi connectivity index (χ3n) is 3.53. The van der Waals surface area contributed by atoms with Gasteiger partial charge in [-0.1, -0.05) is 17.3 Å². The normalized spacial score (nSPS) is 10.4. The summed E-state index contributed by atoms with van der Waals surface area (Å²) in [4.78, 5) is 36.3. The van der Waals surface area contributed by atoms with Gasteiger partial charge in [0, 0.05) is 13.1 Å². The summed E-state index contributed by atoms with van der Waals surface area (Å²) < 4.78 is 13.9. The minimum absolute atomic E-state index is 0.156. The van der Waals surface area contributed by atoms with Crippen molar-refractivity contribution in [2.45, 2.75) is 20.0 Å². The third kappa shape index (κ3) is 5.36. The first-order valence-electron chi connectivity index (χ1n) is 7.81. The maximum Gasteiger partial charge on any atom is 0.358 e. The number of carboxylic acid groups (broad SMARTS) is 1. The first-order chi connectivity index (χ1) is 12.4. The fourth-order valence-corrected chi connectivity index (χ4v) is 2.12. The van der Waals surface area contributed by atoms with Crippen molar-refractivity contribution in [3.05, 3.63) is 47.5 Å². The van der Waals surface area contributed by atoms with Gasteiger partial charge in [-0.05, 0) is 24.6 Å². The van der Waals surface area contributed by atoms with Gasteiger partial charge in [0.25, 0.3) is 0 Å². The summed E-state index contributed by atoms with van der Waals surface area (Å²) in [7, 11) is 0. The molecule has 2 N–H and O–H groups in total. The van der Waals surface area contributed by atoms with Crippen LogP contribution in [0.25, 0.3) is 0 Å². The monoisotopic (exact) mass is 363 g/mol. The van der Waals surface area contributed by atoms with E-state index in [-0.39, 0.29) is 37.1 Å². The van der Waals surface area contributed by atoms with Crippen LogP contribution >= 0.6 is 0 Å². The number of amides is 2. The number of hydrogen-bond donors (Lipinski definition) is 2. The van der Waals surface area contributed by atoms with E-state index in [0.717, 1.165) is 16.4 Å². The average molecular weight is 363 g/mol. The van der Waals surface area contributed by atoms with E-state index in [1.54, 1.807) is 19.1 Å². The summed E-state index contributed by atoms with van der Waals surface area (Å²) in [5.74, 6) is -2.36. The number of hydrogen-bond acceptors (Lipinski definition) is 5. The fraction of sp³-hybridized carbons (Fsp3) is 0.312. The molecule has 0 atom stereocenters. The number of nitrogens with zero attached hydrogens (tertiary/aromatic N) is 4. The van der Waals surface area contributed by atoms with Gasteiger partial charge < -0.3 is 15.3 Å². The van der Waals surface area contributed by atoms with Crippen LogP contribution in [0.4, 0.5) is 4.39 Å². The fourth-order valence-electron chi connectivity index (χ4n) is 2.12. The number of aromatic carboxylic acids is 1. The second-order valence-electron chi connectivity index (χ2n) is 5.42. The Bertz CT molecular complexity index is 790. The van der Waals surface area contributed by atoms with E-state index in [1.165, 1.54) is 17.0 Å². The molecular formula is C16H18FN5O4. The van der Waals surface area contributed by atoms with Crippen LogP contribution in [0.2, 0.25) is 0 Å². The van der Waals surface area contributed by atoms with Crippen LogP contribution in [0.3, 0.4) is 0 Å². The molecule has 0 bridgehead atoms. The van der Waals surface area contributed by atoms with Crippen molar-refractivity contribution in [2.75, 3.05) is 13.1 Å². The number of nitrogens with one attached hydrogen (secondary N) is 1. The number of carbonyl (C=O) groups excluding carboxylic acids is 2. The van der Waals surface area contributed by atoms with Crippen LogP contribution < -0.4 is 5.32 Å². The Morgan fingerprint density at radius 3 is 2.54 bits per heavy atom. The Morgan fingerprint density at radius 2 is 1.96 bits per heavy atom. The van der Waals surface area contributed by atoms with E-state index in [1.807, 2.05) is 0 Å². The molecule has 138 valence electrons. The molecule has 0 aliphatic rings. The molecule has 1 heterocycles. The van der Waals surface area contributed by atoms with E-state index in [2.05, 4.69) is 15.6 Å². The Balaban J connectivity index is 1.86. The van der Waals surface area contributed by atoms with Gasteiger partial charge in [-0.25, -0.2) is 13.9 Å². The van der Waals surface area contributed by atoms with E-state index in [0.29, 0.717) is 6.54 Å². The van der Waals surface area contributed by atoms with E-state index in [9.17, 15) is 18.8 Å². The highest BCUT2D eigenvalue weighted by Crippen LogP contribution is 2.02. The summed E-state index contributed by atoms with van der Waals surface area (Å²) in [5, 5.41) is 18.4. The summed E-state index contributed by atoms with van der Waals surface area (Å²) in [6, 6.07) is 5.71. The van der Waals surface area contributed by atoms with Gasteiger partial charge in [-0.3, -0.25) is 9.59 Å². The van der Waals surface area contributed by atoms with Crippen LogP contribution in [0.1, 0.15) is 23.0 Å². The molecule has 2 amide bonds. The standard InChI is InChI=1S/C16H18FN5O4/c1-2-21(15(24)10-22-8-13(16(25)26)19-20-22)9-14(23)18-7-11-3-5-12(17)6-4-11/h3-6,8H,2,7,9-10H2,1H3,(H,18,23)(H,25,26). The molecule has 10 heteroatoms. The van der Waals surface area contributed by atoms with Gasteiger partial charge in [0.15, 0.2) is 5.69 Å². The summed E-state index contributed by atoms with van der Waals surface area (Å²) in [6.07, 6.45) is 1.14. The van der Waals surface area contributed by atoms with Crippen LogP contribution in [-0.2, 0) is 22.7 Å². The average Bonchev–Trinajstić information content (AvgIpc) is 3.08. The number of carbonyl (C=O) groups is 3. The first kappa shape index (κ1) is 19.0. The summed E-state index contributed by atoms with van der Waals surface area (Å²) in [6.45, 7) is 1.85. The van der Waals surface area contributed by atoms with Crippen LogP contribution in [0, 0.1) is 5.82 Å². The smallest absolute Gasteiger partial charge is 0.358 e. The highest BCUT2D eigenvalue weighted by atomic mass is 19.1. The van der Waals surface area contributed by atoms with E-state index in [4.69, 9.17) is 5.11 Å². The number of carboxylic acids is 1. The molecule has 1 aromatic heterocycles. The molecule has 2 aromatic rings. The molecule has 1 aromatic carbocycles. The number of aromatic nitrogens is 3. The lowest BCUT2D eigenvalue weighted by Crippen LogP contribution is -2.41. The van der Waals surface area contributed by atoms with Crippen molar-refractivity contribution in [1.29, 1.82) is 0 Å². The maximum absolute atomic E-state index is 12.8. The maximum atomic E-state index is 12.8. The van der Waals surface area contributed by atoms with Crippen molar-refractivity contribution < 1.29 is 23.9 Å². The van der Waals surface area contributed by atoms with Crippen molar-refractivity contribution in [3.63, 3.8) is 0 Å². The Labute approximate surface area is 148 Å². The second-order valence-corrected chi connectivity index (χ2v) is 5.42. The lowest BCUT2D eigenvalue weighted by molar-refractivity contribution is -0.136. The van der Waals surface area contributed by atoms with Crippen molar-refractivity contribution in [1.82, 2.24) is 25.2 Å². The Morgan fingerprint density at radius 1 is 1.27 bits per heavy atom. The number of rotatable bonds is 8. The third-order valence-corrected chi connectivity index (χ3v) is 3.53. The molecule has 2 rings (SSSR count). The zero-order valence-corrected chi connectivity index (χ0v) is 14.1. The number of halogens is 1. The molecular weight excluding hydrogens is 345 g/mol. The topological polar surface area (TPSA) is 117 Å².